The van der Waals surface area contributed by atoms with Crippen molar-refractivity contribution in [3.05, 3.63) is 34.9 Å². The summed E-state index contributed by atoms with van der Waals surface area (Å²) >= 11 is 1.20. The van der Waals surface area contributed by atoms with Crippen molar-refractivity contribution in [1.29, 1.82) is 0 Å². The van der Waals surface area contributed by atoms with Crippen LogP contribution in [-0.4, -0.2) is 58.5 Å². The number of nitrogens with zero attached hydrogens (tertiary/aromatic N) is 1. The fourth-order valence-corrected chi connectivity index (χ4v) is 3.01. The first-order valence-corrected chi connectivity index (χ1v) is 8.41. The number of aromatic hydroxyl groups is 2. The van der Waals surface area contributed by atoms with Gasteiger partial charge < -0.3 is 24.6 Å². The molecule has 1 aliphatic heterocycles. The highest BCUT2D eigenvalue weighted by Crippen LogP contribution is 2.28. The summed E-state index contributed by atoms with van der Waals surface area (Å²) in [6, 6.07) is 3.50. The second-order valence-electron chi connectivity index (χ2n) is 4.91. The van der Waals surface area contributed by atoms with Crippen LogP contribution in [0.25, 0.3) is 0 Å². The molecule has 1 fully saturated rings. The predicted octanol–water partition coefficient (Wildman–Crippen LogP) is 1.23. The third-order valence-electron chi connectivity index (χ3n) is 3.19. The number of rotatable bonds is 6. The molecule has 1 amide bonds. The highest BCUT2D eigenvalue weighted by atomic mass is 32.2. The summed E-state index contributed by atoms with van der Waals surface area (Å²) in [5, 5.41) is 19.3. The van der Waals surface area contributed by atoms with Gasteiger partial charge in [0.05, 0.1) is 30.0 Å². The standard InChI is InChI=1S/C16H17NO7S/c1-2-23-15(21)8-14-17(13(20)9-25-14)5-6-24-16(22)11-4-3-10(18)7-12(11)19/h3-4,7-8,18-19H,2,5-6,9H2,1H3/b14-8-. The molecule has 0 aromatic heterocycles. The van der Waals surface area contributed by atoms with Gasteiger partial charge in [-0.05, 0) is 19.1 Å². The van der Waals surface area contributed by atoms with Crippen LogP contribution in [0.2, 0.25) is 0 Å². The average Bonchev–Trinajstić information content (AvgIpc) is 2.88. The molecule has 134 valence electrons. The lowest BCUT2D eigenvalue weighted by Crippen LogP contribution is -2.29. The molecule has 2 rings (SSSR count). The summed E-state index contributed by atoms with van der Waals surface area (Å²) < 4.78 is 9.84. The molecule has 0 unspecified atom stereocenters. The van der Waals surface area contributed by atoms with Crippen LogP contribution in [0.1, 0.15) is 17.3 Å². The molecule has 1 aliphatic rings. The van der Waals surface area contributed by atoms with Crippen molar-refractivity contribution in [2.75, 3.05) is 25.5 Å². The van der Waals surface area contributed by atoms with Crippen LogP contribution in [-0.2, 0) is 19.1 Å². The smallest absolute Gasteiger partial charge is 0.341 e. The zero-order valence-corrected chi connectivity index (χ0v) is 14.2. The molecule has 2 N–H and O–H groups in total. The van der Waals surface area contributed by atoms with E-state index in [-0.39, 0.29) is 42.7 Å². The van der Waals surface area contributed by atoms with Crippen molar-refractivity contribution in [3.8, 4) is 11.5 Å². The van der Waals surface area contributed by atoms with Gasteiger partial charge in [0.1, 0.15) is 23.7 Å². The van der Waals surface area contributed by atoms with E-state index >= 15 is 0 Å². The van der Waals surface area contributed by atoms with Crippen molar-refractivity contribution in [2.45, 2.75) is 6.92 Å². The van der Waals surface area contributed by atoms with E-state index in [2.05, 4.69) is 0 Å². The number of carbonyl (C=O) groups is 3. The van der Waals surface area contributed by atoms with Crippen LogP contribution in [0, 0.1) is 0 Å². The van der Waals surface area contributed by atoms with Gasteiger partial charge in [-0.3, -0.25) is 4.79 Å². The number of hydrogen-bond acceptors (Lipinski definition) is 8. The van der Waals surface area contributed by atoms with E-state index in [1.165, 1.54) is 34.9 Å². The molecule has 0 atom stereocenters. The van der Waals surface area contributed by atoms with E-state index < -0.39 is 17.7 Å². The summed E-state index contributed by atoms with van der Waals surface area (Å²) in [6.45, 7) is 1.86. The molecule has 0 aliphatic carbocycles. The van der Waals surface area contributed by atoms with Crippen molar-refractivity contribution in [2.24, 2.45) is 0 Å². The first kappa shape index (κ1) is 18.7. The lowest BCUT2D eigenvalue weighted by Gasteiger charge is -2.17. The van der Waals surface area contributed by atoms with E-state index in [4.69, 9.17) is 9.47 Å². The third-order valence-corrected chi connectivity index (χ3v) is 4.21. The minimum Gasteiger partial charge on any atom is -0.508 e. The Kier molecular flexibility index (Phi) is 6.29. The Morgan fingerprint density at radius 2 is 2.08 bits per heavy atom. The van der Waals surface area contributed by atoms with Crippen molar-refractivity contribution in [3.63, 3.8) is 0 Å². The largest absolute Gasteiger partial charge is 0.508 e. The van der Waals surface area contributed by atoms with Crippen molar-refractivity contribution in [1.82, 2.24) is 4.90 Å². The van der Waals surface area contributed by atoms with Gasteiger partial charge in [-0.25, -0.2) is 9.59 Å². The maximum Gasteiger partial charge on any atom is 0.341 e. The lowest BCUT2D eigenvalue weighted by molar-refractivity contribution is -0.137. The zero-order valence-electron chi connectivity index (χ0n) is 13.4. The Hall–Kier alpha value is -2.68. The third kappa shape index (κ3) is 4.90. The molecule has 1 aromatic carbocycles. The molecule has 1 saturated heterocycles. The van der Waals surface area contributed by atoms with Crippen LogP contribution in [0.5, 0.6) is 11.5 Å². The van der Waals surface area contributed by atoms with Crippen molar-refractivity contribution < 1.29 is 34.1 Å². The van der Waals surface area contributed by atoms with E-state index in [0.717, 1.165) is 6.07 Å². The minimum atomic E-state index is -0.785. The predicted molar refractivity (Wildman–Crippen MR) is 88.9 cm³/mol. The zero-order chi connectivity index (χ0) is 18.4. The number of amides is 1. The average molecular weight is 367 g/mol. The molecule has 0 bridgehead atoms. The number of phenolic OH excluding ortho intramolecular Hbond substituents is 2. The molecular weight excluding hydrogens is 350 g/mol. The van der Waals surface area contributed by atoms with Crippen LogP contribution < -0.4 is 0 Å². The van der Waals surface area contributed by atoms with Gasteiger partial charge in [0.2, 0.25) is 5.91 Å². The van der Waals surface area contributed by atoms with Crippen LogP contribution in [0.4, 0.5) is 0 Å². The highest BCUT2D eigenvalue weighted by Gasteiger charge is 2.27. The first-order chi connectivity index (χ1) is 11.9. The molecule has 0 spiro atoms. The number of carbonyl (C=O) groups excluding carboxylic acids is 3. The molecule has 25 heavy (non-hydrogen) atoms. The van der Waals surface area contributed by atoms with E-state index in [1.54, 1.807) is 6.92 Å². The minimum absolute atomic E-state index is 0.0711. The van der Waals surface area contributed by atoms with E-state index in [9.17, 15) is 24.6 Å². The maximum atomic E-state index is 11.9. The Balaban J connectivity index is 1.94. The number of benzene rings is 1. The summed E-state index contributed by atoms with van der Waals surface area (Å²) in [6.07, 6.45) is 1.23. The number of thioether (sulfide) groups is 1. The van der Waals surface area contributed by atoms with Gasteiger partial charge in [-0.15, -0.1) is 0 Å². The molecule has 1 heterocycles. The quantitative estimate of drug-likeness (QED) is 0.570. The van der Waals surface area contributed by atoms with Gasteiger partial charge in [-0.2, -0.15) is 0 Å². The summed E-state index contributed by atoms with van der Waals surface area (Å²) in [5.74, 6) is -1.92. The maximum absolute atomic E-state index is 11.9. The van der Waals surface area contributed by atoms with Gasteiger partial charge in [0.25, 0.3) is 0 Å². The van der Waals surface area contributed by atoms with E-state index in [0.29, 0.717) is 5.03 Å². The molecular formula is C16H17NO7S. The monoisotopic (exact) mass is 367 g/mol. The lowest BCUT2D eigenvalue weighted by atomic mass is 10.2. The Labute approximate surface area is 148 Å². The number of ether oxygens (including phenoxy) is 2. The summed E-state index contributed by atoms with van der Waals surface area (Å²) in [5.41, 5.74) is -0.0952. The number of hydrogen-bond donors (Lipinski definition) is 2. The normalized spacial score (nSPS) is 15.5. The van der Waals surface area contributed by atoms with Crippen LogP contribution in [0.15, 0.2) is 29.3 Å². The number of esters is 2. The Morgan fingerprint density at radius 1 is 1.32 bits per heavy atom. The second-order valence-corrected chi connectivity index (χ2v) is 5.90. The van der Waals surface area contributed by atoms with Gasteiger partial charge in [0, 0.05) is 6.07 Å². The summed E-state index contributed by atoms with van der Waals surface area (Å²) in [4.78, 5) is 36.6. The van der Waals surface area contributed by atoms with Crippen molar-refractivity contribution >= 4 is 29.6 Å². The van der Waals surface area contributed by atoms with Crippen LogP contribution >= 0.6 is 11.8 Å². The van der Waals surface area contributed by atoms with Gasteiger partial charge >= 0.3 is 11.9 Å². The Morgan fingerprint density at radius 3 is 2.76 bits per heavy atom. The first-order valence-electron chi connectivity index (χ1n) is 7.43. The van der Waals surface area contributed by atoms with Gasteiger partial charge in [-0.1, -0.05) is 11.8 Å². The Bertz CT molecular complexity index is 716. The number of phenols is 2. The highest BCUT2D eigenvalue weighted by molar-refractivity contribution is 8.04. The molecule has 1 aromatic rings. The topological polar surface area (TPSA) is 113 Å². The molecule has 0 saturated carbocycles. The fourth-order valence-electron chi connectivity index (χ4n) is 2.05. The van der Waals surface area contributed by atoms with Gasteiger partial charge in [0.15, 0.2) is 0 Å². The summed E-state index contributed by atoms with van der Waals surface area (Å²) in [7, 11) is 0. The molecule has 0 radical (unpaired) electrons. The fraction of sp³-hybridized carbons (Fsp3) is 0.312. The molecule has 9 heteroatoms. The van der Waals surface area contributed by atoms with E-state index in [1.807, 2.05) is 0 Å². The SMILES string of the molecule is CCOC(=O)/C=C1\SCC(=O)N1CCOC(=O)c1ccc(O)cc1O. The second kappa shape index (κ2) is 8.43. The van der Waals surface area contributed by atoms with Crippen LogP contribution in [0.3, 0.4) is 0 Å². The molecule has 8 nitrogen and oxygen atoms in total.